The van der Waals surface area contributed by atoms with Crippen molar-refractivity contribution in [1.82, 2.24) is 0 Å². The van der Waals surface area contributed by atoms with Crippen LogP contribution in [-0.4, -0.2) is 18.1 Å². The van der Waals surface area contributed by atoms with Gasteiger partial charge in [0.05, 0.1) is 0 Å². The van der Waals surface area contributed by atoms with Gasteiger partial charge in [0.15, 0.2) is 10.1 Å². The Bertz CT molecular complexity index is 629. The van der Waals surface area contributed by atoms with Crippen molar-refractivity contribution in [3.05, 3.63) is 23.8 Å². The third kappa shape index (κ3) is 2.50. The van der Waals surface area contributed by atoms with Crippen LogP contribution in [0.2, 0.25) is 0 Å². The monoisotopic (exact) mass is 266 g/mol. The summed E-state index contributed by atoms with van der Waals surface area (Å²) in [7, 11) is -4.61. The number of phenolic OH excluding ortho intramolecular Hbond substituents is 1. The van der Waals surface area contributed by atoms with Gasteiger partial charge in [-0.25, -0.2) is 8.42 Å². The molecular formula is C9H7KO5S. The Morgan fingerprint density at radius 1 is 1.38 bits per heavy atom. The third-order valence-corrected chi connectivity index (χ3v) is 2.95. The van der Waals surface area contributed by atoms with Gasteiger partial charge in [0, 0.05) is 17.0 Å². The van der Waals surface area contributed by atoms with E-state index in [0.717, 1.165) is 0 Å². The normalized spacial score (nSPS) is 11.4. The minimum atomic E-state index is -4.61. The first kappa shape index (κ1) is 14.2. The summed E-state index contributed by atoms with van der Waals surface area (Å²) in [5, 5.41) is 9.05. The number of hydrogen-bond acceptors (Lipinski definition) is 5. The van der Waals surface area contributed by atoms with Crippen molar-refractivity contribution in [2.45, 2.75) is 12.0 Å². The fourth-order valence-electron chi connectivity index (χ4n) is 1.43. The molecule has 0 saturated carbocycles. The fraction of sp³-hybridized carbons (Fsp3) is 0.111. The number of benzene rings is 1. The molecule has 1 aromatic heterocycles. The molecule has 0 radical (unpaired) electrons. The van der Waals surface area contributed by atoms with Crippen LogP contribution in [0.5, 0.6) is 5.75 Å². The first-order valence-corrected chi connectivity index (χ1v) is 5.48. The molecule has 1 aromatic carbocycles. The maximum atomic E-state index is 10.8. The van der Waals surface area contributed by atoms with Gasteiger partial charge in [-0.3, -0.25) is 0 Å². The second-order valence-corrected chi connectivity index (χ2v) is 4.43. The Hall–Kier alpha value is 0.106. The van der Waals surface area contributed by atoms with Crippen LogP contribution in [0.1, 0.15) is 5.56 Å². The van der Waals surface area contributed by atoms with E-state index in [4.69, 9.17) is 9.52 Å². The van der Waals surface area contributed by atoms with E-state index >= 15 is 0 Å². The average molecular weight is 266 g/mol. The van der Waals surface area contributed by atoms with E-state index in [2.05, 4.69) is 0 Å². The molecule has 0 amide bonds. The zero-order valence-corrected chi connectivity index (χ0v) is 12.7. The van der Waals surface area contributed by atoms with Crippen LogP contribution in [0.15, 0.2) is 27.7 Å². The summed E-state index contributed by atoms with van der Waals surface area (Å²) in [4.78, 5) is 0. The molecule has 0 aliphatic rings. The second kappa shape index (κ2) is 4.77. The molecule has 80 valence electrons. The number of aryl methyl sites for hydroxylation is 1. The van der Waals surface area contributed by atoms with Gasteiger partial charge in [0.1, 0.15) is 11.3 Å². The van der Waals surface area contributed by atoms with E-state index in [1.165, 1.54) is 25.1 Å². The summed E-state index contributed by atoms with van der Waals surface area (Å²) in [6, 6.07) is 4.15. The Balaban J connectivity index is 0.00000128. The smallest absolute Gasteiger partial charge is 0.742 e. The quantitative estimate of drug-likeness (QED) is 0.493. The van der Waals surface area contributed by atoms with E-state index in [9.17, 15) is 13.0 Å². The predicted molar refractivity (Wildman–Crippen MR) is 50.6 cm³/mol. The van der Waals surface area contributed by atoms with Gasteiger partial charge >= 0.3 is 51.4 Å². The molecule has 1 heterocycles. The minimum absolute atomic E-state index is 0. The molecular weight excluding hydrogens is 259 g/mol. The third-order valence-electron chi connectivity index (χ3n) is 2.11. The van der Waals surface area contributed by atoms with Crippen LogP contribution >= 0.6 is 0 Å². The largest absolute Gasteiger partial charge is 1.00 e. The van der Waals surface area contributed by atoms with Crippen LogP contribution in [0.4, 0.5) is 0 Å². The van der Waals surface area contributed by atoms with Gasteiger partial charge in [-0.15, -0.1) is 0 Å². The van der Waals surface area contributed by atoms with Gasteiger partial charge in [0.25, 0.3) is 0 Å². The molecule has 0 fully saturated rings. The Labute approximate surface area is 135 Å². The zero-order chi connectivity index (χ0) is 11.2. The van der Waals surface area contributed by atoms with E-state index in [1.54, 1.807) is 0 Å². The second-order valence-electron chi connectivity index (χ2n) is 3.15. The van der Waals surface area contributed by atoms with Crippen molar-refractivity contribution in [3.63, 3.8) is 0 Å². The van der Waals surface area contributed by atoms with Gasteiger partial charge < -0.3 is 14.1 Å². The number of fused-ring (bicyclic) bond motifs is 1. The SMILES string of the molecule is Cc1c(S(=O)(=O)[O-])oc2cc(O)ccc12.[K+]. The minimum Gasteiger partial charge on any atom is -0.742 e. The number of aromatic hydroxyl groups is 1. The van der Waals surface area contributed by atoms with Crippen molar-refractivity contribution >= 4 is 21.1 Å². The van der Waals surface area contributed by atoms with Crippen LogP contribution in [0, 0.1) is 6.92 Å². The first-order chi connectivity index (χ1) is 6.89. The molecule has 0 unspecified atom stereocenters. The summed E-state index contributed by atoms with van der Waals surface area (Å²) in [5.41, 5.74) is 0.446. The molecule has 0 spiro atoms. The van der Waals surface area contributed by atoms with Crippen LogP contribution in [-0.2, 0) is 10.1 Å². The van der Waals surface area contributed by atoms with Crippen LogP contribution in [0.3, 0.4) is 0 Å². The van der Waals surface area contributed by atoms with Crippen molar-refractivity contribution in [3.8, 4) is 5.75 Å². The van der Waals surface area contributed by atoms with Crippen molar-refractivity contribution in [1.29, 1.82) is 0 Å². The van der Waals surface area contributed by atoms with Gasteiger partial charge in [-0.1, -0.05) is 0 Å². The summed E-state index contributed by atoms with van der Waals surface area (Å²) in [6.07, 6.45) is 0. The van der Waals surface area contributed by atoms with Crippen LogP contribution < -0.4 is 51.4 Å². The molecule has 16 heavy (non-hydrogen) atoms. The Kier molecular flexibility index (Phi) is 4.22. The van der Waals surface area contributed by atoms with Gasteiger partial charge in [-0.2, -0.15) is 0 Å². The molecule has 0 bridgehead atoms. The molecule has 7 heteroatoms. The first-order valence-electron chi connectivity index (χ1n) is 4.07. The topological polar surface area (TPSA) is 90.6 Å². The molecule has 0 atom stereocenters. The van der Waals surface area contributed by atoms with E-state index < -0.39 is 15.2 Å². The summed E-state index contributed by atoms with van der Waals surface area (Å²) < 4.78 is 37.3. The van der Waals surface area contributed by atoms with E-state index in [-0.39, 0.29) is 68.3 Å². The molecule has 0 saturated heterocycles. The van der Waals surface area contributed by atoms with E-state index in [1.807, 2.05) is 0 Å². The molecule has 0 aliphatic heterocycles. The molecule has 0 aliphatic carbocycles. The average Bonchev–Trinajstić information content (AvgIpc) is 2.42. The maximum absolute atomic E-state index is 10.8. The standard InChI is InChI=1S/C9H8O5S.K/c1-5-7-3-2-6(10)4-8(7)14-9(5)15(11,12)13;/h2-4,10H,1H3,(H,11,12,13);/q;+1/p-1. The van der Waals surface area contributed by atoms with Crippen LogP contribution in [0.25, 0.3) is 11.0 Å². The Morgan fingerprint density at radius 3 is 2.56 bits per heavy atom. The predicted octanol–water partition coefficient (Wildman–Crippen LogP) is -1.65. The Morgan fingerprint density at radius 2 is 2.00 bits per heavy atom. The van der Waals surface area contributed by atoms with E-state index in [0.29, 0.717) is 5.39 Å². The zero-order valence-electron chi connectivity index (χ0n) is 8.72. The van der Waals surface area contributed by atoms with Crippen molar-refractivity contribution in [2.75, 3.05) is 0 Å². The number of rotatable bonds is 1. The number of phenols is 1. The number of furan rings is 1. The van der Waals surface area contributed by atoms with Crippen molar-refractivity contribution in [2.24, 2.45) is 0 Å². The maximum Gasteiger partial charge on any atom is 1.00 e. The molecule has 2 aromatic rings. The summed E-state index contributed by atoms with van der Waals surface area (Å²) in [5.74, 6) is -0.0499. The van der Waals surface area contributed by atoms with Crippen molar-refractivity contribution < 1.29 is 73.9 Å². The molecule has 5 nitrogen and oxygen atoms in total. The fourth-order valence-corrected chi connectivity index (χ4v) is 2.11. The summed E-state index contributed by atoms with van der Waals surface area (Å²) in [6.45, 7) is 1.48. The van der Waals surface area contributed by atoms with Gasteiger partial charge in [0.2, 0.25) is 5.09 Å². The summed E-state index contributed by atoms with van der Waals surface area (Å²) >= 11 is 0. The number of hydrogen-bond donors (Lipinski definition) is 1. The molecule has 2 rings (SSSR count). The molecule has 1 N–H and O–H groups in total. The van der Waals surface area contributed by atoms with Gasteiger partial charge in [-0.05, 0) is 19.1 Å².